The minimum Gasteiger partial charge on any atom is -0.545 e. The van der Waals surface area contributed by atoms with E-state index in [0.29, 0.717) is 5.69 Å². The van der Waals surface area contributed by atoms with Crippen LogP contribution < -0.4 is 5.11 Å². The quantitative estimate of drug-likeness (QED) is 0.743. The molecule has 0 bridgehead atoms. The highest BCUT2D eigenvalue weighted by atomic mass is 16.4. The van der Waals surface area contributed by atoms with Gasteiger partial charge in [-0.15, -0.1) is 0 Å². The maximum atomic E-state index is 10.9. The van der Waals surface area contributed by atoms with E-state index >= 15 is 0 Å². The fraction of sp³-hybridized carbons (Fsp3) is 0.167. The first-order valence-corrected chi connectivity index (χ1v) is 4.90. The Labute approximate surface area is 93.1 Å². The third-order valence-corrected chi connectivity index (χ3v) is 2.37. The third-order valence-electron chi connectivity index (χ3n) is 2.37. The van der Waals surface area contributed by atoms with Crippen molar-refractivity contribution in [1.29, 1.82) is 0 Å². The summed E-state index contributed by atoms with van der Waals surface area (Å²) in [5, 5.41) is 15.0. The van der Waals surface area contributed by atoms with E-state index in [4.69, 9.17) is 0 Å². The van der Waals surface area contributed by atoms with Crippen LogP contribution in [0.2, 0.25) is 0 Å². The molecule has 2 aromatic rings. The van der Waals surface area contributed by atoms with Crippen LogP contribution in [0.5, 0.6) is 0 Å². The van der Waals surface area contributed by atoms with Gasteiger partial charge in [-0.3, -0.25) is 4.68 Å². The van der Waals surface area contributed by atoms with Crippen LogP contribution in [0, 0.1) is 6.92 Å². The Morgan fingerprint density at radius 2 is 1.94 bits per heavy atom. The molecule has 2 rings (SSSR count). The van der Waals surface area contributed by atoms with Gasteiger partial charge in [0.15, 0.2) is 0 Å². The molecule has 0 radical (unpaired) electrons. The first-order chi connectivity index (χ1) is 7.58. The maximum Gasteiger partial charge on any atom is 0.101 e. The summed E-state index contributed by atoms with van der Waals surface area (Å²) in [4.78, 5) is 10.9. The smallest absolute Gasteiger partial charge is 0.101 e. The predicted octanol–water partition coefficient (Wildman–Crippen LogP) is 0.759. The van der Waals surface area contributed by atoms with Gasteiger partial charge >= 0.3 is 0 Å². The largest absolute Gasteiger partial charge is 0.545 e. The molecule has 1 heterocycles. The summed E-state index contributed by atoms with van der Waals surface area (Å²) in [5.74, 6) is -1.20. The van der Waals surface area contributed by atoms with Crippen molar-refractivity contribution in [2.24, 2.45) is 7.05 Å². The van der Waals surface area contributed by atoms with Gasteiger partial charge in [-0.25, -0.2) is 0 Å². The first kappa shape index (κ1) is 10.4. The zero-order valence-electron chi connectivity index (χ0n) is 9.10. The molecule has 1 aromatic heterocycles. The van der Waals surface area contributed by atoms with Gasteiger partial charge in [0.05, 0.1) is 5.97 Å². The molecule has 1 aromatic carbocycles. The van der Waals surface area contributed by atoms with E-state index in [1.165, 1.54) is 10.9 Å². The molecule has 4 heteroatoms. The van der Waals surface area contributed by atoms with E-state index in [2.05, 4.69) is 5.10 Å². The molecule has 0 atom stereocenters. The summed E-state index contributed by atoms with van der Waals surface area (Å²) in [6.45, 7) is 1.97. The summed E-state index contributed by atoms with van der Waals surface area (Å²) in [7, 11) is 1.68. The van der Waals surface area contributed by atoms with E-state index in [0.717, 1.165) is 11.1 Å². The zero-order valence-corrected chi connectivity index (χ0v) is 9.10. The van der Waals surface area contributed by atoms with Crippen molar-refractivity contribution in [2.45, 2.75) is 6.92 Å². The van der Waals surface area contributed by atoms with Crippen LogP contribution >= 0.6 is 0 Å². The fourth-order valence-electron chi connectivity index (χ4n) is 1.56. The van der Waals surface area contributed by atoms with Gasteiger partial charge in [-0.1, -0.05) is 29.8 Å². The topological polar surface area (TPSA) is 58.0 Å². The van der Waals surface area contributed by atoms with Gasteiger partial charge in [0.2, 0.25) is 0 Å². The lowest BCUT2D eigenvalue weighted by Gasteiger charge is -2.03. The predicted molar refractivity (Wildman–Crippen MR) is 57.7 cm³/mol. The van der Waals surface area contributed by atoms with Crippen molar-refractivity contribution in [3.05, 3.63) is 41.6 Å². The first-order valence-electron chi connectivity index (χ1n) is 4.90. The van der Waals surface area contributed by atoms with E-state index < -0.39 is 5.97 Å². The molecule has 0 aliphatic rings. The van der Waals surface area contributed by atoms with Crippen LogP contribution in [0.4, 0.5) is 0 Å². The average Bonchev–Trinajstić information content (AvgIpc) is 2.61. The van der Waals surface area contributed by atoms with Crippen molar-refractivity contribution < 1.29 is 9.90 Å². The Bertz CT molecular complexity index is 526. The summed E-state index contributed by atoms with van der Waals surface area (Å²) in [6, 6.07) is 7.54. The van der Waals surface area contributed by atoms with Gasteiger partial charge in [0.25, 0.3) is 0 Å². The highest BCUT2D eigenvalue weighted by Gasteiger charge is 2.10. The Balaban J connectivity index is 2.55. The minimum absolute atomic E-state index is 0.117. The van der Waals surface area contributed by atoms with E-state index in [9.17, 15) is 9.90 Å². The fourth-order valence-corrected chi connectivity index (χ4v) is 1.56. The van der Waals surface area contributed by atoms with Crippen molar-refractivity contribution in [3.63, 3.8) is 0 Å². The van der Waals surface area contributed by atoms with E-state index in [-0.39, 0.29) is 5.56 Å². The van der Waals surface area contributed by atoms with Crippen LogP contribution in [-0.4, -0.2) is 15.7 Å². The number of carbonyl (C=O) groups excluding carboxylic acids is 1. The van der Waals surface area contributed by atoms with Crippen LogP contribution in [0.3, 0.4) is 0 Å². The van der Waals surface area contributed by atoms with Gasteiger partial charge in [0.1, 0.15) is 5.69 Å². The van der Waals surface area contributed by atoms with Crippen LogP contribution in [-0.2, 0) is 7.05 Å². The summed E-state index contributed by atoms with van der Waals surface area (Å²) >= 11 is 0. The second-order valence-electron chi connectivity index (χ2n) is 3.72. The molecule has 0 N–H and O–H groups in total. The average molecular weight is 215 g/mol. The lowest BCUT2D eigenvalue weighted by Crippen LogP contribution is -2.22. The molecule has 0 saturated heterocycles. The number of aryl methyl sites for hydroxylation is 2. The van der Waals surface area contributed by atoms with Crippen LogP contribution in [0.25, 0.3) is 11.3 Å². The number of carboxylic acids is 1. The van der Waals surface area contributed by atoms with Gasteiger partial charge < -0.3 is 9.90 Å². The number of rotatable bonds is 2. The monoisotopic (exact) mass is 215 g/mol. The third kappa shape index (κ3) is 1.82. The van der Waals surface area contributed by atoms with Crippen molar-refractivity contribution in [3.8, 4) is 11.3 Å². The molecule has 0 saturated carbocycles. The number of hydrogen-bond donors (Lipinski definition) is 0. The number of nitrogens with zero attached hydrogens (tertiary/aromatic N) is 2. The standard InChI is InChI=1S/C12H12N2O2/c1-8-3-5-9(6-4-8)11-10(12(15)16)7-14(2)13-11/h3-7H,1-2H3,(H,15,16)/p-1. The Morgan fingerprint density at radius 1 is 1.31 bits per heavy atom. The molecule has 0 amide bonds. The summed E-state index contributed by atoms with van der Waals surface area (Å²) in [6.07, 6.45) is 1.45. The Morgan fingerprint density at radius 3 is 2.50 bits per heavy atom. The number of hydrogen-bond acceptors (Lipinski definition) is 3. The number of carboxylic acid groups (broad SMARTS) is 1. The van der Waals surface area contributed by atoms with Gasteiger partial charge in [0, 0.05) is 24.4 Å². The van der Waals surface area contributed by atoms with E-state index in [1.807, 2.05) is 31.2 Å². The Hall–Kier alpha value is -2.10. The van der Waals surface area contributed by atoms with Gasteiger partial charge in [-0.05, 0) is 6.92 Å². The molecule has 82 valence electrons. The second-order valence-corrected chi connectivity index (χ2v) is 3.72. The molecule has 0 aliphatic carbocycles. The molecule has 0 aliphatic heterocycles. The van der Waals surface area contributed by atoms with Crippen LogP contribution in [0.1, 0.15) is 15.9 Å². The molecule has 0 spiro atoms. The number of aromatic carboxylic acids is 1. The lowest BCUT2D eigenvalue weighted by atomic mass is 10.1. The summed E-state index contributed by atoms with van der Waals surface area (Å²) < 4.78 is 1.47. The van der Waals surface area contributed by atoms with Crippen LogP contribution in [0.15, 0.2) is 30.5 Å². The summed E-state index contributed by atoms with van der Waals surface area (Å²) in [5.41, 5.74) is 2.47. The SMILES string of the molecule is Cc1ccc(-c2nn(C)cc2C(=O)[O-])cc1. The van der Waals surface area contributed by atoms with Crippen molar-refractivity contribution in [1.82, 2.24) is 9.78 Å². The molecule has 0 unspecified atom stereocenters. The minimum atomic E-state index is -1.20. The number of aromatic nitrogens is 2. The normalized spacial score (nSPS) is 10.4. The number of benzene rings is 1. The maximum absolute atomic E-state index is 10.9. The van der Waals surface area contributed by atoms with E-state index in [1.54, 1.807) is 7.05 Å². The highest BCUT2D eigenvalue weighted by molar-refractivity contribution is 5.93. The highest BCUT2D eigenvalue weighted by Crippen LogP contribution is 2.21. The number of carbonyl (C=O) groups is 1. The van der Waals surface area contributed by atoms with Gasteiger partial charge in [-0.2, -0.15) is 5.10 Å². The zero-order chi connectivity index (χ0) is 11.7. The second kappa shape index (κ2) is 3.81. The Kier molecular flexibility index (Phi) is 2.48. The lowest BCUT2D eigenvalue weighted by molar-refractivity contribution is -0.254. The van der Waals surface area contributed by atoms with Crippen molar-refractivity contribution in [2.75, 3.05) is 0 Å². The molecular formula is C12H11N2O2-. The molecule has 16 heavy (non-hydrogen) atoms. The molecule has 0 fully saturated rings. The molecule has 4 nitrogen and oxygen atoms in total. The van der Waals surface area contributed by atoms with Crippen molar-refractivity contribution >= 4 is 5.97 Å². The molecular weight excluding hydrogens is 204 g/mol.